The Hall–Kier alpha value is -1.31. The SMILES string of the molecule is Cc1cc(C)c(CC2CCCC2CC(=O)O)c(C)c1. The van der Waals surface area contributed by atoms with Crippen LogP contribution in [0.25, 0.3) is 0 Å². The maximum Gasteiger partial charge on any atom is 0.303 e. The Morgan fingerprint density at radius 2 is 1.74 bits per heavy atom. The molecule has 1 aromatic carbocycles. The van der Waals surface area contributed by atoms with Gasteiger partial charge in [-0.3, -0.25) is 4.79 Å². The van der Waals surface area contributed by atoms with Crippen molar-refractivity contribution in [3.8, 4) is 0 Å². The summed E-state index contributed by atoms with van der Waals surface area (Å²) in [6.45, 7) is 6.49. The van der Waals surface area contributed by atoms with E-state index in [0.29, 0.717) is 18.3 Å². The topological polar surface area (TPSA) is 37.3 Å². The van der Waals surface area contributed by atoms with Crippen LogP contribution in [0, 0.1) is 32.6 Å². The highest BCUT2D eigenvalue weighted by Crippen LogP contribution is 2.37. The largest absolute Gasteiger partial charge is 0.481 e. The number of rotatable bonds is 4. The van der Waals surface area contributed by atoms with Gasteiger partial charge in [0.05, 0.1) is 0 Å². The number of hydrogen-bond acceptors (Lipinski definition) is 1. The zero-order chi connectivity index (χ0) is 14.0. The minimum Gasteiger partial charge on any atom is -0.481 e. The Bertz CT molecular complexity index is 453. The molecule has 1 N–H and O–H groups in total. The Kier molecular flexibility index (Phi) is 4.28. The minimum atomic E-state index is -0.644. The molecule has 2 heteroatoms. The van der Waals surface area contributed by atoms with Crippen molar-refractivity contribution >= 4 is 5.97 Å². The first-order valence-corrected chi connectivity index (χ1v) is 7.26. The van der Waals surface area contributed by atoms with Crippen molar-refractivity contribution in [2.24, 2.45) is 11.8 Å². The van der Waals surface area contributed by atoms with Crippen LogP contribution >= 0.6 is 0 Å². The van der Waals surface area contributed by atoms with Crippen LogP contribution in [0.4, 0.5) is 0 Å². The molecule has 104 valence electrons. The quantitative estimate of drug-likeness (QED) is 0.887. The summed E-state index contributed by atoms with van der Waals surface area (Å²) in [5.41, 5.74) is 5.47. The van der Waals surface area contributed by atoms with E-state index in [1.54, 1.807) is 0 Å². The molecule has 0 spiro atoms. The lowest BCUT2D eigenvalue weighted by molar-refractivity contribution is -0.138. The van der Waals surface area contributed by atoms with E-state index in [0.717, 1.165) is 12.8 Å². The monoisotopic (exact) mass is 260 g/mol. The molecular weight excluding hydrogens is 236 g/mol. The van der Waals surface area contributed by atoms with Crippen molar-refractivity contribution in [1.29, 1.82) is 0 Å². The van der Waals surface area contributed by atoms with Crippen LogP contribution in [0.3, 0.4) is 0 Å². The third-order valence-corrected chi connectivity index (χ3v) is 4.56. The van der Waals surface area contributed by atoms with Crippen LogP contribution in [-0.2, 0) is 11.2 Å². The number of carboxylic acids is 1. The molecule has 2 nitrogen and oxygen atoms in total. The van der Waals surface area contributed by atoms with Gasteiger partial charge in [-0.25, -0.2) is 0 Å². The molecule has 2 atom stereocenters. The molecule has 19 heavy (non-hydrogen) atoms. The molecule has 1 aromatic rings. The van der Waals surface area contributed by atoms with Gasteiger partial charge in [0.15, 0.2) is 0 Å². The first-order valence-electron chi connectivity index (χ1n) is 7.26. The molecule has 0 radical (unpaired) electrons. The molecule has 1 aliphatic carbocycles. The third-order valence-electron chi connectivity index (χ3n) is 4.56. The van der Waals surface area contributed by atoms with Gasteiger partial charge in [0.25, 0.3) is 0 Å². The first-order chi connectivity index (χ1) is 8.97. The van der Waals surface area contributed by atoms with Crippen LogP contribution in [-0.4, -0.2) is 11.1 Å². The highest BCUT2D eigenvalue weighted by Gasteiger charge is 2.29. The predicted molar refractivity (Wildman–Crippen MR) is 77.4 cm³/mol. The molecule has 2 rings (SSSR count). The minimum absolute atomic E-state index is 0.342. The zero-order valence-corrected chi connectivity index (χ0v) is 12.2. The molecule has 1 fully saturated rings. The standard InChI is InChI=1S/C17H24O2/c1-11-7-12(2)16(13(3)8-11)9-14-5-4-6-15(14)10-17(18)19/h7-8,14-15H,4-6,9-10H2,1-3H3,(H,18,19). The third kappa shape index (κ3) is 3.37. The van der Waals surface area contributed by atoms with Crippen molar-refractivity contribution in [2.45, 2.75) is 52.9 Å². The number of carbonyl (C=O) groups is 1. The molecule has 0 amide bonds. The van der Waals surface area contributed by atoms with E-state index in [9.17, 15) is 4.79 Å². The number of aliphatic carboxylic acids is 1. The molecule has 0 aliphatic heterocycles. The van der Waals surface area contributed by atoms with Crippen molar-refractivity contribution in [1.82, 2.24) is 0 Å². The van der Waals surface area contributed by atoms with E-state index in [1.807, 2.05) is 0 Å². The Morgan fingerprint density at radius 3 is 2.32 bits per heavy atom. The summed E-state index contributed by atoms with van der Waals surface area (Å²) < 4.78 is 0. The van der Waals surface area contributed by atoms with Crippen LogP contribution < -0.4 is 0 Å². The van der Waals surface area contributed by atoms with Gasteiger partial charge >= 0.3 is 5.97 Å². The van der Waals surface area contributed by atoms with Gasteiger partial charge in [-0.1, -0.05) is 24.1 Å². The van der Waals surface area contributed by atoms with Crippen molar-refractivity contribution in [3.63, 3.8) is 0 Å². The van der Waals surface area contributed by atoms with Gasteiger partial charge in [0.2, 0.25) is 0 Å². The van der Waals surface area contributed by atoms with Gasteiger partial charge in [0.1, 0.15) is 0 Å². The van der Waals surface area contributed by atoms with Gasteiger partial charge in [-0.05, 0) is 68.6 Å². The summed E-state index contributed by atoms with van der Waals surface area (Å²) in [7, 11) is 0. The van der Waals surface area contributed by atoms with Gasteiger partial charge < -0.3 is 5.11 Å². The fourth-order valence-corrected chi connectivity index (χ4v) is 3.67. The normalized spacial score (nSPS) is 22.7. The van der Waals surface area contributed by atoms with E-state index >= 15 is 0 Å². The molecule has 1 aliphatic rings. The van der Waals surface area contributed by atoms with E-state index < -0.39 is 5.97 Å². The van der Waals surface area contributed by atoms with Crippen LogP contribution in [0.1, 0.15) is 47.9 Å². The highest BCUT2D eigenvalue weighted by atomic mass is 16.4. The molecule has 0 bridgehead atoms. The number of aryl methyl sites for hydroxylation is 3. The summed E-state index contributed by atoms with van der Waals surface area (Å²) in [4.78, 5) is 10.9. The number of carboxylic acid groups (broad SMARTS) is 1. The second-order valence-corrected chi connectivity index (χ2v) is 6.13. The predicted octanol–water partition coefficient (Wildman–Crippen LogP) is 4.05. The molecule has 1 saturated carbocycles. The lowest BCUT2D eigenvalue weighted by Crippen LogP contribution is -2.16. The molecule has 0 heterocycles. The van der Waals surface area contributed by atoms with Crippen molar-refractivity contribution in [2.75, 3.05) is 0 Å². The van der Waals surface area contributed by atoms with Gasteiger partial charge in [-0.2, -0.15) is 0 Å². The van der Waals surface area contributed by atoms with Crippen molar-refractivity contribution < 1.29 is 9.90 Å². The Morgan fingerprint density at radius 1 is 1.16 bits per heavy atom. The van der Waals surface area contributed by atoms with E-state index in [1.165, 1.54) is 35.1 Å². The fraction of sp³-hybridized carbons (Fsp3) is 0.588. The van der Waals surface area contributed by atoms with Crippen molar-refractivity contribution in [3.05, 3.63) is 34.4 Å². The summed E-state index contributed by atoms with van der Waals surface area (Å²) in [5, 5.41) is 9.00. The molecule has 2 unspecified atom stereocenters. The van der Waals surface area contributed by atoms with E-state index in [2.05, 4.69) is 32.9 Å². The maximum atomic E-state index is 10.9. The number of hydrogen-bond donors (Lipinski definition) is 1. The van der Waals surface area contributed by atoms with Crippen LogP contribution in [0.2, 0.25) is 0 Å². The Labute approximate surface area is 115 Å². The second kappa shape index (κ2) is 5.77. The second-order valence-electron chi connectivity index (χ2n) is 6.13. The molecular formula is C17H24O2. The average molecular weight is 260 g/mol. The summed E-state index contributed by atoms with van der Waals surface area (Å²) in [5.74, 6) is 0.281. The highest BCUT2D eigenvalue weighted by molar-refractivity contribution is 5.67. The average Bonchev–Trinajstić information content (AvgIpc) is 2.70. The molecule has 0 saturated heterocycles. The van der Waals surface area contributed by atoms with Gasteiger partial charge in [0, 0.05) is 6.42 Å². The van der Waals surface area contributed by atoms with Crippen LogP contribution in [0.5, 0.6) is 0 Å². The zero-order valence-electron chi connectivity index (χ0n) is 12.2. The molecule has 0 aromatic heterocycles. The smallest absolute Gasteiger partial charge is 0.303 e. The lowest BCUT2D eigenvalue weighted by Gasteiger charge is -2.20. The fourth-order valence-electron chi connectivity index (χ4n) is 3.67. The number of benzene rings is 1. The first kappa shape index (κ1) is 14.1. The maximum absolute atomic E-state index is 10.9. The van der Waals surface area contributed by atoms with Gasteiger partial charge in [-0.15, -0.1) is 0 Å². The lowest BCUT2D eigenvalue weighted by atomic mass is 9.84. The van der Waals surface area contributed by atoms with E-state index in [-0.39, 0.29) is 0 Å². The van der Waals surface area contributed by atoms with Crippen LogP contribution in [0.15, 0.2) is 12.1 Å². The summed E-state index contributed by atoms with van der Waals surface area (Å²) >= 11 is 0. The summed E-state index contributed by atoms with van der Waals surface area (Å²) in [6.07, 6.45) is 4.85. The summed E-state index contributed by atoms with van der Waals surface area (Å²) in [6, 6.07) is 4.48. The van der Waals surface area contributed by atoms with E-state index in [4.69, 9.17) is 5.11 Å². The Balaban J connectivity index is 2.14.